The Labute approximate surface area is 132 Å². The first-order valence-electron chi connectivity index (χ1n) is 8.37. The maximum absolute atomic E-state index is 6.25. The van der Waals surface area contributed by atoms with Gasteiger partial charge in [0.15, 0.2) is 0 Å². The number of rotatable bonds is 5. The lowest BCUT2D eigenvalue weighted by Crippen LogP contribution is -2.26. The molecule has 0 aromatic heterocycles. The SMILES string of the molecule is c1ccc(CO[C@@H]2CCC[C@@H]3[C@H]2N3Cc2ccccc2)cc1. The van der Waals surface area contributed by atoms with E-state index in [1.807, 2.05) is 0 Å². The average molecular weight is 293 g/mol. The molecule has 4 atom stereocenters. The van der Waals surface area contributed by atoms with Crippen LogP contribution in [0, 0.1) is 0 Å². The minimum Gasteiger partial charge on any atom is -0.372 e. The normalized spacial score (nSPS) is 29.8. The molecule has 0 N–H and O–H groups in total. The highest BCUT2D eigenvalue weighted by molar-refractivity contribution is 5.19. The zero-order valence-corrected chi connectivity index (χ0v) is 12.9. The molecule has 2 aliphatic rings. The highest BCUT2D eigenvalue weighted by Crippen LogP contribution is 2.43. The van der Waals surface area contributed by atoms with E-state index in [-0.39, 0.29) is 0 Å². The molecule has 1 saturated heterocycles. The van der Waals surface area contributed by atoms with E-state index in [0.29, 0.717) is 12.1 Å². The summed E-state index contributed by atoms with van der Waals surface area (Å²) in [5.41, 5.74) is 2.69. The largest absolute Gasteiger partial charge is 0.372 e. The molecule has 1 heterocycles. The lowest BCUT2D eigenvalue weighted by molar-refractivity contribution is 0.0200. The van der Waals surface area contributed by atoms with Crippen LogP contribution in [0.3, 0.4) is 0 Å². The van der Waals surface area contributed by atoms with Gasteiger partial charge in [-0.1, -0.05) is 60.7 Å². The number of hydrogen-bond acceptors (Lipinski definition) is 2. The fourth-order valence-electron chi connectivity index (χ4n) is 3.83. The van der Waals surface area contributed by atoms with Crippen molar-refractivity contribution in [3.8, 4) is 0 Å². The Hall–Kier alpha value is -1.64. The Morgan fingerprint density at radius 1 is 0.864 bits per heavy atom. The molecule has 2 heteroatoms. The number of ether oxygens (including phenoxy) is 1. The minimum absolute atomic E-state index is 0.405. The molecule has 22 heavy (non-hydrogen) atoms. The first-order valence-corrected chi connectivity index (χ1v) is 8.37. The van der Waals surface area contributed by atoms with Gasteiger partial charge in [-0.05, 0) is 30.4 Å². The maximum atomic E-state index is 6.25. The van der Waals surface area contributed by atoms with Gasteiger partial charge in [-0.15, -0.1) is 0 Å². The summed E-state index contributed by atoms with van der Waals surface area (Å²) in [6.45, 7) is 1.81. The molecular weight excluding hydrogens is 270 g/mol. The van der Waals surface area contributed by atoms with Crippen LogP contribution in [-0.4, -0.2) is 23.1 Å². The smallest absolute Gasteiger partial charge is 0.0750 e. The third-order valence-electron chi connectivity index (χ3n) is 5.00. The second kappa shape index (κ2) is 6.23. The van der Waals surface area contributed by atoms with Crippen LogP contribution in [0.4, 0.5) is 0 Å². The molecule has 4 rings (SSSR count). The molecule has 0 bridgehead atoms. The summed E-state index contributed by atoms with van der Waals surface area (Å²) < 4.78 is 6.25. The van der Waals surface area contributed by atoms with Crippen molar-refractivity contribution < 1.29 is 4.74 Å². The van der Waals surface area contributed by atoms with Gasteiger partial charge in [0, 0.05) is 12.6 Å². The van der Waals surface area contributed by atoms with Crippen molar-refractivity contribution in [1.29, 1.82) is 0 Å². The average Bonchev–Trinajstić information content (AvgIpc) is 3.28. The number of hydrogen-bond donors (Lipinski definition) is 0. The Balaban J connectivity index is 1.36. The van der Waals surface area contributed by atoms with Crippen LogP contribution in [0.2, 0.25) is 0 Å². The van der Waals surface area contributed by atoms with Crippen molar-refractivity contribution in [2.45, 2.75) is 50.6 Å². The summed E-state index contributed by atoms with van der Waals surface area (Å²) in [7, 11) is 0. The highest BCUT2D eigenvalue weighted by Gasteiger charge is 2.53. The Bertz CT molecular complexity index is 598. The number of likely N-dealkylation sites (tertiary alicyclic amines) is 1. The Kier molecular flexibility index (Phi) is 3.96. The van der Waals surface area contributed by atoms with Crippen LogP contribution in [0.5, 0.6) is 0 Å². The van der Waals surface area contributed by atoms with Crippen molar-refractivity contribution >= 4 is 0 Å². The number of fused-ring (bicyclic) bond motifs is 1. The quantitative estimate of drug-likeness (QED) is 0.772. The fourth-order valence-corrected chi connectivity index (χ4v) is 3.83. The van der Waals surface area contributed by atoms with Crippen LogP contribution in [-0.2, 0) is 17.9 Å². The monoisotopic (exact) mass is 293 g/mol. The van der Waals surface area contributed by atoms with Crippen molar-refractivity contribution in [3.05, 3.63) is 71.8 Å². The van der Waals surface area contributed by atoms with Crippen LogP contribution < -0.4 is 0 Å². The fraction of sp³-hybridized carbons (Fsp3) is 0.400. The van der Waals surface area contributed by atoms with Crippen LogP contribution in [0.1, 0.15) is 30.4 Å². The van der Waals surface area contributed by atoms with E-state index in [2.05, 4.69) is 65.6 Å². The lowest BCUT2D eigenvalue weighted by atomic mass is 9.98. The third-order valence-corrected chi connectivity index (χ3v) is 5.00. The van der Waals surface area contributed by atoms with Gasteiger partial charge in [0.05, 0.1) is 18.8 Å². The molecule has 1 saturated carbocycles. The minimum atomic E-state index is 0.405. The van der Waals surface area contributed by atoms with E-state index >= 15 is 0 Å². The molecule has 2 fully saturated rings. The second-order valence-corrected chi connectivity index (χ2v) is 6.48. The lowest BCUT2D eigenvalue weighted by Gasteiger charge is -2.20. The van der Waals surface area contributed by atoms with E-state index in [9.17, 15) is 0 Å². The summed E-state index contributed by atoms with van der Waals surface area (Å²) in [6, 6.07) is 22.7. The Morgan fingerprint density at radius 3 is 2.27 bits per heavy atom. The van der Waals surface area contributed by atoms with Gasteiger partial charge < -0.3 is 4.74 Å². The molecule has 2 nitrogen and oxygen atoms in total. The molecule has 0 spiro atoms. The predicted molar refractivity (Wildman–Crippen MR) is 88.4 cm³/mol. The van der Waals surface area contributed by atoms with E-state index in [1.165, 1.54) is 30.4 Å². The predicted octanol–water partition coefficient (Wildman–Crippen LogP) is 4.01. The molecule has 0 amide bonds. The van der Waals surface area contributed by atoms with Crippen molar-refractivity contribution in [2.75, 3.05) is 0 Å². The van der Waals surface area contributed by atoms with E-state index in [0.717, 1.165) is 19.2 Å². The second-order valence-electron chi connectivity index (χ2n) is 6.48. The van der Waals surface area contributed by atoms with Crippen LogP contribution in [0.15, 0.2) is 60.7 Å². The molecule has 1 aliphatic heterocycles. The van der Waals surface area contributed by atoms with Gasteiger partial charge in [0.25, 0.3) is 0 Å². The van der Waals surface area contributed by atoms with Crippen LogP contribution in [0.25, 0.3) is 0 Å². The summed E-state index contributed by atoms with van der Waals surface area (Å²) in [5, 5.41) is 0. The van der Waals surface area contributed by atoms with Crippen molar-refractivity contribution in [2.24, 2.45) is 0 Å². The third kappa shape index (κ3) is 2.94. The van der Waals surface area contributed by atoms with E-state index < -0.39 is 0 Å². The van der Waals surface area contributed by atoms with Gasteiger partial charge in [-0.25, -0.2) is 0 Å². The van der Waals surface area contributed by atoms with Gasteiger partial charge in [0.1, 0.15) is 0 Å². The van der Waals surface area contributed by atoms with Crippen molar-refractivity contribution in [3.63, 3.8) is 0 Å². The molecule has 1 unspecified atom stereocenters. The number of nitrogens with zero attached hydrogens (tertiary/aromatic N) is 1. The van der Waals surface area contributed by atoms with E-state index in [1.54, 1.807) is 0 Å². The topological polar surface area (TPSA) is 12.2 Å². The standard InChI is InChI=1S/C20H23NO/c1-3-8-16(9-4-1)14-21-18-12-7-13-19(20(18)21)22-15-17-10-5-2-6-11-17/h1-6,8-11,18-20H,7,12-15H2/t18-,19-,20-,21?/m1/s1. The summed E-state index contributed by atoms with van der Waals surface area (Å²) in [6.07, 6.45) is 4.25. The molecule has 2 aromatic carbocycles. The summed E-state index contributed by atoms with van der Waals surface area (Å²) in [5.74, 6) is 0. The molecule has 1 aliphatic carbocycles. The van der Waals surface area contributed by atoms with Crippen molar-refractivity contribution in [1.82, 2.24) is 4.90 Å². The molecule has 2 aromatic rings. The van der Waals surface area contributed by atoms with Crippen LogP contribution >= 0.6 is 0 Å². The number of benzene rings is 2. The maximum Gasteiger partial charge on any atom is 0.0750 e. The zero-order valence-electron chi connectivity index (χ0n) is 12.9. The summed E-state index contributed by atoms with van der Waals surface area (Å²) in [4.78, 5) is 2.62. The molecule has 0 radical (unpaired) electrons. The van der Waals surface area contributed by atoms with Gasteiger partial charge in [0.2, 0.25) is 0 Å². The summed E-state index contributed by atoms with van der Waals surface area (Å²) >= 11 is 0. The zero-order chi connectivity index (χ0) is 14.8. The first kappa shape index (κ1) is 14.0. The molecular formula is C20H23NO. The Morgan fingerprint density at radius 2 is 1.55 bits per heavy atom. The highest BCUT2D eigenvalue weighted by atomic mass is 16.5. The van der Waals surface area contributed by atoms with Gasteiger partial charge in [-0.2, -0.15) is 0 Å². The molecule has 114 valence electrons. The first-order chi connectivity index (χ1) is 10.9. The van der Waals surface area contributed by atoms with E-state index in [4.69, 9.17) is 4.74 Å². The van der Waals surface area contributed by atoms with Gasteiger partial charge >= 0.3 is 0 Å². The van der Waals surface area contributed by atoms with Gasteiger partial charge in [-0.3, -0.25) is 4.90 Å².